The number of aromatic nitrogens is 1. The van der Waals surface area contributed by atoms with Crippen LogP contribution in [0.1, 0.15) is 32.0 Å². The molecule has 0 spiro atoms. The van der Waals surface area contributed by atoms with Crippen molar-refractivity contribution in [1.82, 2.24) is 10.1 Å². The van der Waals surface area contributed by atoms with Crippen LogP contribution in [-0.2, 0) is 13.0 Å². The van der Waals surface area contributed by atoms with E-state index in [0.29, 0.717) is 19.5 Å². The first-order chi connectivity index (χ1) is 9.65. The van der Waals surface area contributed by atoms with Gasteiger partial charge in [0.2, 0.25) is 0 Å². The van der Waals surface area contributed by atoms with Crippen molar-refractivity contribution in [2.24, 2.45) is 0 Å². The molecule has 1 aliphatic heterocycles. The summed E-state index contributed by atoms with van der Waals surface area (Å²) in [6, 6.07) is 6.55. The number of carboxylic acids is 1. The Balaban J connectivity index is 1.85. The molecule has 0 radical (unpaired) electrons. The van der Waals surface area contributed by atoms with Gasteiger partial charge in [0, 0.05) is 19.2 Å². The predicted octanol–water partition coefficient (Wildman–Crippen LogP) is 1.57. The molecule has 0 saturated heterocycles. The molecule has 3 rings (SSSR count). The Bertz CT molecular complexity index is 664. The molecule has 0 aliphatic carbocycles. The second-order valence-corrected chi connectivity index (χ2v) is 4.65. The van der Waals surface area contributed by atoms with E-state index in [9.17, 15) is 9.59 Å². The van der Waals surface area contributed by atoms with Gasteiger partial charge in [0.1, 0.15) is 6.26 Å². The zero-order valence-corrected chi connectivity index (χ0v) is 10.6. The summed E-state index contributed by atoms with van der Waals surface area (Å²) in [5.74, 6) is -1.17. The highest BCUT2D eigenvalue weighted by atomic mass is 16.5. The first-order valence-corrected chi connectivity index (χ1v) is 6.20. The molecule has 0 saturated carbocycles. The second-order valence-electron chi connectivity index (χ2n) is 4.65. The number of aromatic carboxylic acids is 1. The van der Waals surface area contributed by atoms with Crippen molar-refractivity contribution in [3.8, 4) is 0 Å². The quantitative estimate of drug-likeness (QED) is 0.897. The molecular formula is C14H12N2O4. The molecule has 0 fully saturated rings. The maximum Gasteiger partial charge on any atom is 0.335 e. The fraction of sp³-hybridized carbons (Fsp3) is 0.214. The van der Waals surface area contributed by atoms with E-state index in [1.807, 2.05) is 6.07 Å². The van der Waals surface area contributed by atoms with Crippen LogP contribution in [0.4, 0.5) is 0 Å². The van der Waals surface area contributed by atoms with E-state index in [2.05, 4.69) is 9.68 Å². The van der Waals surface area contributed by atoms with Gasteiger partial charge in [-0.2, -0.15) is 0 Å². The Morgan fingerprint density at radius 1 is 1.25 bits per heavy atom. The third kappa shape index (κ3) is 2.16. The van der Waals surface area contributed by atoms with E-state index in [4.69, 9.17) is 5.11 Å². The molecule has 1 aliphatic rings. The van der Waals surface area contributed by atoms with Crippen LogP contribution in [0.2, 0.25) is 0 Å². The summed E-state index contributed by atoms with van der Waals surface area (Å²) in [5.41, 5.74) is 2.45. The van der Waals surface area contributed by atoms with Crippen LogP contribution in [0.25, 0.3) is 0 Å². The van der Waals surface area contributed by atoms with Gasteiger partial charge < -0.3 is 14.5 Å². The first kappa shape index (κ1) is 12.4. The minimum Gasteiger partial charge on any atom is -0.478 e. The SMILES string of the molecule is O=C(O)c1ccc2c(c1)CN(C(=O)c1ccon1)CC2. The molecule has 1 aromatic carbocycles. The standard InChI is InChI=1S/C14H12N2O4/c17-13(12-4-6-20-15-12)16-5-3-9-1-2-10(14(18)19)7-11(9)8-16/h1-2,4,6-7H,3,5,8H2,(H,18,19). The van der Waals surface area contributed by atoms with Crippen molar-refractivity contribution in [1.29, 1.82) is 0 Å². The number of hydrogen-bond acceptors (Lipinski definition) is 4. The smallest absolute Gasteiger partial charge is 0.335 e. The van der Waals surface area contributed by atoms with Gasteiger partial charge in [-0.3, -0.25) is 4.79 Å². The molecule has 20 heavy (non-hydrogen) atoms. The Labute approximate surface area is 114 Å². The lowest BCUT2D eigenvalue weighted by molar-refractivity contribution is 0.0696. The molecule has 102 valence electrons. The molecule has 1 N–H and O–H groups in total. The third-order valence-corrected chi connectivity index (χ3v) is 3.41. The van der Waals surface area contributed by atoms with Gasteiger partial charge in [0.15, 0.2) is 5.69 Å². The lowest BCUT2D eigenvalue weighted by atomic mass is 9.97. The fourth-order valence-corrected chi connectivity index (χ4v) is 2.35. The van der Waals surface area contributed by atoms with E-state index in [1.165, 1.54) is 12.3 Å². The monoisotopic (exact) mass is 272 g/mol. The van der Waals surface area contributed by atoms with Crippen molar-refractivity contribution in [3.05, 3.63) is 52.9 Å². The third-order valence-electron chi connectivity index (χ3n) is 3.41. The van der Waals surface area contributed by atoms with Crippen molar-refractivity contribution in [3.63, 3.8) is 0 Å². The van der Waals surface area contributed by atoms with Crippen LogP contribution in [0.3, 0.4) is 0 Å². The Kier molecular flexibility index (Phi) is 2.98. The van der Waals surface area contributed by atoms with Crippen LogP contribution in [0.15, 0.2) is 35.1 Å². The molecule has 2 aromatic rings. The van der Waals surface area contributed by atoms with E-state index >= 15 is 0 Å². The molecule has 2 heterocycles. The average molecular weight is 272 g/mol. The van der Waals surface area contributed by atoms with Crippen LogP contribution < -0.4 is 0 Å². The molecule has 6 heteroatoms. The summed E-state index contributed by atoms with van der Waals surface area (Å²) in [6.45, 7) is 0.979. The number of nitrogens with zero attached hydrogens (tertiary/aromatic N) is 2. The summed E-state index contributed by atoms with van der Waals surface area (Å²) in [7, 11) is 0. The average Bonchev–Trinajstić information content (AvgIpc) is 2.99. The number of hydrogen-bond donors (Lipinski definition) is 1. The summed E-state index contributed by atoms with van der Waals surface area (Å²) in [6.07, 6.45) is 2.06. The maximum absolute atomic E-state index is 12.2. The number of fused-ring (bicyclic) bond motifs is 1. The Morgan fingerprint density at radius 3 is 2.80 bits per heavy atom. The number of carboxylic acid groups (broad SMARTS) is 1. The molecule has 1 amide bonds. The molecular weight excluding hydrogens is 260 g/mol. The van der Waals surface area contributed by atoms with Crippen molar-refractivity contribution < 1.29 is 19.2 Å². The Hall–Kier alpha value is -2.63. The lowest BCUT2D eigenvalue weighted by Gasteiger charge is -2.28. The summed E-state index contributed by atoms with van der Waals surface area (Å²) >= 11 is 0. The van der Waals surface area contributed by atoms with Crippen molar-refractivity contribution in [2.45, 2.75) is 13.0 Å². The zero-order chi connectivity index (χ0) is 14.1. The number of rotatable bonds is 2. The van der Waals surface area contributed by atoms with Gasteiger partial charge in [-0.05, 0) is 29.7 Å². The van der Waals surface area contributed by atoms with Crippen LogP contribution in [0.5, 0.6) is 0 Å². The summed E-state index contributed by atoms with van der Waals surface area (Å²) in [4.78, 5) is 24.8. The minimum absolute atomic E-state index is 0.204. The van der Waals surface area contributed by atoms with E-state index in [-0.39, 0.29) is 17.2 Å². The molecule has 1 aromatic heterocycles. The maximum atomic E-state index is 12.2. The predicted molar refractivity (Wildman–Crippen MR) is 68.3 cm³/mol. The first-order valence-electron chi connectivity index (χ1n) is 6.20. The lowest BCUT2D eigenvalue weighted by Crippen LogP contribution is -2.36. The van der Waals surface area contributed by atoms with Crippen LogP contribution in [-0.4, -0.2) is 33.6 Å². The van der Waals surface area contributed by atoms with Gasteiger partial charge in [0.25, 0.3) is 5.91 Å². The summed E-state index contributed by atoms with van der Waals surface area (Å²) < 4.78 is 4.67. The van der Waals surface area contributed by atoms with Crippen molar-refractivity contribution >= 4 is 11.9 Å². The molecule has 0 bridgehead atoms. The van der Waals surface area contributed by atoms with E-state index < -0.39 is 5.97 Å². The highest BCUT2D eigenvalue weighted by Crippen LogP contribution is 2.21. The fourth-order valence-electron chi connectivity index (χ4n) is 2.35. The zero-order valence-electron chi connectivity index (χ0n) is 10.6. The van der Waals surface area contributed by atoms with Crippen LogP contribution in [0, 0.1) is 0 Å². The molecule has 6 nitrogen and oxygen atoms in total. The number of carbonyl (C=O) groups excluding carboxylic acids is 1. The number of carbonyl (C=O) groups is 2. The van der Waals surface area contributed by atoms with Crippen LogP contribution >= 0.6 is 0 Å². The largest absolute Gasteiger partial charge is 0.478 e. The van der Waals surface area contributed by atoms with Gasteiger partial charge in [0.05, 0.1) is 5.56 Å². The Morgan fingerprint density at radius 2 is 2.10 bits per heavy atom. The highest BCUT2D eigenvalue weighted by Gasteiger charge is 2.24. The van der Waals surface area contributed by atoms with Gasteiger partial charge in [-0.15, -0.1) is 0 Å². The summed E-state index contributed by atoms with van der Waals surface area (Å²) in [5, 5.41) is 12.6. The molecule has 0 atom stereocenters. The van der Waals surface area contributed by atoms with Crippen molar-refractivity contribution in [2.75, 3.05) is 6.54 Å². The normalized spacial score (nSPS) is 13.9. The molecule has 0 unspecified atom stereocenters. The highest BCUT2D eigenvalue weighted by molar-refractivity contribution is 5.92. The second kappa shape index (κ2) is 4.80. The van der Waals surface area contributed by atoms with E-state index in [0.717, 1.165) is 11.1 Å². The topological polar surface area (TPSA) is 83.6 Å². The number of amides is 1. The number of benzene rings is 1. The van der Waals surface area contributed by atoms with Gasteiger partial charge in [-0.1, -0.05) is 11.2 Å². The van der Waals surface area contributed by atoms with E-state index in [1.54, 1.807) is 17.0 Å². The van der Waals surface area contributed by atoms with Gasteiger partial charge >= 0.3 is 5.97 Å². The minimum atomic E-state index is -0.965. The van der Waals surface area contributed by atoms with Gasteiger partial charge in [-0.25, -0.2) is 4.79 Å².